The van der Waals surface area contributed by atoms with Crippen molar-refractivity contribution >= 4 is 28.2 Å². The fourth-order valence-electron chi connectivity index (χ4n) is 3.50. The van der Waals surface area contributed by atoms with Gasteiger partial charge in [0, 0.05) is 37.1 Å². The van der Waals surface area contributed by atoms with Gasteiger partial charge in [-0.25, -0.2) is 9.97 Å². The summed E-state index contributed by atoms with van der Waals surface area (Å²) in [5, 5.41) is 3.45. The Kier molecular flexibility index (Phi) is 3.97. The molecule has 0 amide bonds. The van der Waals surface area contributed by atoms with Crippen LogP contribution in [0.25, 0.3) is 11.0 Å². The van der Waals surface area contributed by atoms with Crippen molar-refractivity contribution < 1.29 is 4.74 Å². The highest BCUT2D eigenvalue weighted by atomic mass is 16.5. The minimum absolute atomic E-state index is 0.793. The number of anilines is 3. The van der Waals surface area contributed by atoms with Crippen molar-refractivity contribution in [1.29, 1.82) is 0 Å². The predicted octanol–water partition coefficient (Wildman–Crippen LogP) is 3.42. The fourth-order valence-corrected chi connectivity index (χ4v) is 3.50. The molecule has 1 aromatic carbocycles. The Balaban J connectivity index is 1.38. The third-order valence-electron chi connectivity index (χ3n) is 5.15. The Morgan fingerprint density at radius 2 is 2.00 bits per heavy atom. The molecule has 1 aliphatic heterocycles. The second kappa shape index (κ2) is 6.61. The largest absolute Gasteiger partial charge is 0.378 e. The number of hydrogen-bond donors (Lipinski definition) is 1. The zero-order valence-electron chi connectivity index (χ0n) is 14.8. The van der Waals surface area contributed by atoms with Crippen molar-refractivity contribution in [2.24, 2.45) is 5.92 Å². The molecule has 6 nitrogen and oxygen atoms in total. The molecule has 0 spiro atoms. The monoisotopic (exact) mass is 349 g/mol. The lowest BCUT2D eigenvalue weighted by Gasteiger charge is -2.29. The predicted molar refractivity (Wildman–Crippen MR) is 103 cm³/mol. The second-order valence-electron chi connectivity index (χ2n) is 7.17. The van der Waals surface area contributed by atoms with Gasteiger partial charge in [0.2, 0.25) is 0 Å². The van der Waals surface area contributed by atoms with E-state index in [1.807, 2.05) is 12.5 Å². The summed E-state index contributed by atoms with van der Waals surface area (Å²) in [5.74, 6) is 1.68. The number of rotatable bonds is 5. The van der Waals surface area contributed by atoms with Crippen molar-refractivity contribution in [3.8, 4) is 0 Å². The van der Waals surface area contributed by atoms with Gasteiger partial charge in [-0.05, 0) is 37.0 Å². The highest BCUT2D eigenvalue weighted by molar-refractivity contribution is 5.78. The standard InChI is InChI=1S/C20H23N5O/c1-2-16(10-17(3-1)24-6-8-26-9-7-24)23-20-11-19-18(12-21-20)22-14-25(19)13-15-4-5-15/h1-3,10-12,14-15H,4-9,13H2,(H,21,23). The smallest absolute Gasteiger partial charge is 0.132 e. The molecule has 1 aliphatic carbocycles. The van der Waals surface area contributed by atoms with E-state index in [1.54, 1.807) is 0 Å². The van der Waals surface area contributed by atoms with Gasteiger partial charge < -0.3 is 19.5 Å². The van der Waals surface area contributed by atoms with Crippen LogP contribution in [0.1, 0.15) is 12.8 Å². The third-order valence-corrected chi connectivity index (χ3v) is 5.15. The molecule has 1 N–H and O–H groups in total. The number of imidazole rings is 1. The van der Waals surface area contributed by atoms with E-state index in [9.17, 15) is 0 Å². The van der Waals surface area contributed by atoms with E-state index >= 15 is 0 Å². The third kappa shape index (κ3) is 3.24. The minimum Gasteiger partial charge on any atom is -0.378 e. The molecule has 6 heteroatoms. The molecular weight excluding hydrogens is 326 g/mol. The summed E-state index contributed by atoms with van der Waals surface area (Å²) < 4.78 is 7.70. The molecule has 0 radical (unpaired) electrons. The van der Waals surface area contributed by atoms with Crippen molar-refractivity contribution in [3.05, 3.63) is 42.9 Å². The van der Waals surface area contributed by atoms with E-state index < -0.39 is 0 Å². The van der Waals surface area contributed by atoms with Gasteiger partial charge in [-0.2, -0.15) is 0 Å². The number of hydrogen-bond acceptors (Lipinski definition) is 5. The lowest BCUT2D eigenvalue weighted by atomic mass is 10.2. The van der Waals surface area contributed by atoms with E-state index in [4.69, 9.17) is 4.74 Å². The van der Waals surface area contributed by atoms with Crippen LogP contribution in [0.5, 0.6) is 0 Å². The Hall–Kier alpha value is -2.60. The maximum atomic E-state index is 5.45. The van der Waals surface area contributed by atoms with Gasteiger partial charge in [0.25, 0.3) is 0 Å². The number of nitrogens with one attached hydrogen (secondary N) is 1. The summed E-state index contributed by atoms with van der Waals surface area (Å²) in [5.41, 5.74) is 4.38. The molecule has 134 valence electrons. The number of morpholine rings is 1. The van der Waals surface area contributed by atoms with Crippen molar-refractivity contribution in [1.82, 2.24) is 14.5 Å². The van der Waals surface area contributed by atoms with Crippen LogP contribution in [0.15, 0.2) is 42.9 Å². The molecule has 1 saturated carbocycles. The van der Waals surface area contributed by atoms with Crippen LogP contribution in [0.3, 0.4) is 0 Å². The molecule has 1 saturated heterocycles. The molecule has 0 unspecified atom stereocenters. The molecular formula is C20H23N5O. The summed E-state index contributed by atoms with van der Waals surface area (Å²) >= 11 is 0. The number of ether oxygens (including phenoxy) is 1. The van der Waals surface area contributed by atoms with Crippen molar-refractivity contribution in [2.75, 3.05) is 36.5 Å². The SMILES string of the molecule is c1cc(Nc2cc3c(cn2)ncn3CC2CC2)cc(N2CCOCC2)c1. The van der Waals surface area contributed by atoms with Crippen LogP contribution in [0.2, 0.25) is 0 Å². The topological polar surface area (TPSA) is 55.2 Å². The number of aromatic nitrogens is 3. The van der Waals surface area contributed by atoms with Gasteiger partial charge in [-0.15, -0.1) is 0 Å². The molecule has 2 fully saturated rings. The van der Waals surface area contributed by atoms with Gasteiger partial charge in [-0.3, -0.25) is 0 Å². The summed E-state index contributed by atoms with van der Waals surface area (Å²) in [4.78, 5) is 11.4. The van der Waals surface area contributed by atoms with Crippen LogP contribution in [0.4, 0.5) is 17.2 Å². The van der Waals surface area contributed by atoms with Crippen molar-refractivity contribution in [2.45, 2.75) is 19.4 Å². The second-order valence-corrected chi connectivity index (χ2v) is 7.17. The van der Waals surface area contributed by atoms with E-state index in [-0.39, 0.29) is 0 Å². The number of pyridine rings is 1. The molecule has 3 aromatic rings. The Morgan fingerprint density at radius 3 is 2.85 bits per heavy atom. The summed E-state index contributed by atoms with van der Waals surface area (Å²) in [7, 11) is 0. The maximum absolute atomic E-state index is 5.45. The highest BCUT2D eigenvalue weighted by Crippen LogP contribution is 2.32. The highest BCUT2D eigenvalue weighted by Gasteiger charge is 2.22. The average molecular weight is 349 g/mol. The van der Waals surface area contributed by atoms with Gasteiger partial charge in [0.1, 0.15) is 11.3 Å². The minimum atomic E-state index is 0.793. The fraction of sp³-hybridized carbons (Fsp3) is 0.400. The van der Waals surface area contributed by atoms with Gasteiger partial charge in [-0.1, -0.05) is 6.07 Å². The van der Waals surface area contributed by atoms with Gasteiger partial charge in [0.05, 0.1) is 31.3 Å². The first-order chi connectivity index (χ1) is 12.8. The molecule has 0 bridgehead atoms. The quantitative estimate of drug-likeness (QED) is 0.765. The van der Waals surface area contributed by atoms with E-state index in [1.165, 1.54) is 18.5 Å². The molecule has 2 aliphatic rings. The summed E-state index contributed by atoms with van der Waals surface area (Å²) in [6.07, 6.45) is 6.47. The molecule has 26 heavy (non-hydrogen) atoms. The van der Waals surface area contributed by atoms with Gasteiger partial charge in [0.15, 0.2) is 0 Å². The van der Waals surface area contributed by atoms with E-state index in [0.29, 0.717) is 0 Å². The van der Waals surface area contributed by atoms with Crippen LogP contribution in [0, 0.1) is 5.92 Å². The van der Waals surface area contributed by atoms with Crippen LogP contribution in [-0.4, -0.2) is 40.8 Å². The molecule has 2 aromatic heterocycles. The first-order valence-electron chi connectivity index (χ1n) is 9.36. The van der Waals surface area contributed by atoms with E-state index in [2.05, 4.69) is 55.1 Å². The Bertz CT molecular complexity index is 911. The zero-order valence-corrected chi connectivity index (χ0v) is 14.8. The average Bonchev–Trinajstić information content (AvgIpc) is 3.42. The maximum Gasteiger partial charge on any atom is 0.132 e. The van der Waals surface area contributed by atoms with Crippen molar-refractivity contribution in [3.63, 3.8) is 0 Å². The normalized spacial score (nSPS) is 17.6. The summed E-state index contributed by atoms with van der Waals surface area (Å²) in [6.45, 7) is 4.52. The van der Waals surface area contributed by atoms with Crippen LogP contribution in [-0.2, 0) is 11.3 Å². The molecule has 5 rings (SSSR count). The van der Waals surface area contributed by atoms with E-state index in [0.717, 1.165) is 61.3 Å². The number of fused-ring (bicyclic) bond motifs is 1. The lowest BCUT2D eigenvalue weighted by Crippen LogP contribution is -2.36. The molecule has 3 heterocycles. The number of nitrogens with zero attached hydrogens (tertiary/aromatic N) is 4. The number of benzene rings is 1. The van der Waals surface area contributed by atoms with Crippen LogP contribution < -0.4 is 10.2 Å². The lowest BCUT2D eigenvalue weighted by molar-refractivity contribution is 0.122. The zero-order chi connectivity index (χ0) is 17.3. The van der Waals surface area contributed by atoms with Crippen LogP contribution >= 0.6 is 0 Å². The Morgan fingerprint density at radius 1 is 1.12 bits per heavy atom. The molecule has 0 atom stereocenters. The Labute approximate surface area is 152 Å². The first-order valence-corrected chi connectivity index (χ1v) is 9.36. The van der Waals surface area contributed by atoms with Gasteiger partial charge >= 0.3 is 0 Å². The first kappa shape index (κ1) is 15.6. The summed E-state index contributed by atoms with van der Waals surface area (Å²) in [6, 6.07) is 10.6.